The highest BCUT2D eigenvalue weighted by atomic mass is 35.5. The van der Waals surface area contributed by atoms with Crippen LogP contribution in [-0.4, -0.2) is 10.9 Å². The van der Waals surface area contributed by atoms with Crippen molar-refractivity contribution in [3.8, 4) is 11.3 Å². The number of amides is 1. The first-order valence-electron chi connectivity index (χ1n) is 12.2. The maximum absolute atomic E-state index is 14.3. The SMILES string of the molecule is CC1(C(=O)Nc2nc(-c3ccc(F)c4ccccc34)cs2)CC2(Cl)c3ccccc3C1c1ccccc12. The highest BCUT2D eigenvalue weighted by Crippen LogP contribution is 2.65. The molecule has 2 bridgehead atoms. The second-order valence-electron chi connectivity index (χ2n) is 10.1. The summed E-state index contributed by atoms with van der Waals surface area (Å²) in [6.45, 7) is 2.01. The largest absolute Gasteiger partial charge is 0.301 e. The Balaban J connectivity index is 1.26. The number of benzene rings is 4. The van der Waals surface area contributed by atoms with Crippen LogP contribution in [0, 0.1) is 11.2 Å². The molecule has 1 heterocycles. The van der Waals surface area contributed by atoms with Crippen molar-refractivity contribution in [2.75, 3.05) is 5.32 Å². The summed E-state index contributed by atoms with van der Waals surface area (Å²) < 4.78 is 14.3. The average Bonchev–Trinajstić information content (AvgIpc) is 3.37. The molecule has 3 aliphatic rings. The topological polar surface area (TPSA) is 42.0 Å². The van der Waals surface area contributed by atoms with Crippen LogP contribution in [0.2, 0.25) is 0 Å². The number of carbonyl (C=O) groups is 1. The fourth-order valence-corrected chi connectivity index (χ4v) is 7.74. The van der Waals surface area contributed by atoms with Gasteiger partial charge in [0.15, 0.2) is 5.13 Å². The summed E-state index contributed by atoms with van der Waals surface area (Å²) in [6, 6.07) is 27.0. The number of hydrogen-bond acceptors (Lipinski definition) is 3. The lowest BCUT2D eigenvalue weighted by Crippen LogP contribution is -2.52. The molecule has 0 fully saturated rings. The van der Waals surface area contributed by atoms with E-state index in [1.54, 1.807) is 12.1 Å². The van der Waals surface area contributed by atoms with E-state index in [2.05, 4.69) is 29.6 Å². The van der Waals surface area contributed by atoms with Crippen LogP contribution in [0.15, 0.2) is 90.3 Å². The van der Waals surface area contributed by atoms with Gasteiger partial charge in [0.05, 0.1) is 16.0 Å². The zero-order valence-electron chi connectivity index (χ0n) is 20.0. The van der Waals surface area contributed by atoms with Gasteiger partial charge in [0.25, 0.3) is 0 Å². The molecule has 1 atom stereocenters. The van der Waals surface area contributed by atoms with Gasteiger partial charge in [-0.2, -0.15) is 0 Å². The molecule has 1 N–H and O–H groups in total. The third-order valence-electron chi connectivity index (χ3n) is 8.04. The molecule has 182 valence electrons. The number of hydrogen-bond donors (Lipinski definition) is 1. The number of anilines is 1. The molecule has 5 aromatic rings. The van der Waals surface area contributed by atoms with E-state index in [1.807, 2.05) is 54.8 Å². The molecule has 0 saturated heterocycles. The van der Waals surface area contributed by atoms with E-state index in [1.165, 1.54) is 17.4 Å². The highest BCUT2D eigenvalue weighted by molar-refractivity contribution is 7.14. The van der Waals surface area contributed by atoms with Crippen LogP contribution >= 0.6 is 22.9 Å². The Morgan fingerprint density at radius 3 is 2.27 bits per heavy atom. The van der Waals surface area contributed by atoms with Gasteiger partial charge in [0.2, 0.25) is 5.91 Å². The fourth-order valence-electron chi connectivity index (χ4n) is 6.41. The molecule has 1 aromatic heterocycles. The zero-order valence-corrected chi connectivity index (χ0v) is 21.5. The van der Waals surface area contributed by atoms with Crippen LogP contribution in [0.4, 0.5) is 9.52 Å². The Bertz CT molecular complexity index is 1680. The third kappa shape index (κ3) is 3.17. The molecular formula is C31H22ClFN2OS. The van der Waals surface area contributed by atoms with Crippen LogP contribution in [0.25, 0.3) is 22.0 Å². The summed E-state index contributed by atoms with van der Waals surface area (Å²) in [7, 11) is 0. The Hall–Kier alpha value is -3.54. The van der Waals surface area contributed by atoms with Gasteiger partial charge < -0.3 is 5.32 Å². The van der Waals surface area contributed by atoms with E-state index in [9.17, 15) is 9.18 Å². The van der Waals surface area contributed by atoms with E-state index in [-0.39, 0.29) is 17.6 Å². The lowest BCUT2D eigenvalue weighted by Gasteiger charge is -2.54. The van der Waals surface area contributed by atoms with E-state index in [0.717, 1.165) is 33.2 Å². The van der Waals surface area contributed by atoms with Crippen molar-refractivity contribution in [2.45, 2.75) is 24.1 Å². The predicted octanol–water partition coefficient (Wildman–Crippen LogP) is 8.08. The van der Waals surface area contributed by atoms with Gasteiger partial charge in [0, 0.05) is 22.2 Å². The average molecular weight is 525 g/mol. The monoisotopic (exact) mass is 524 g/mol. The van der Waals surface area contributed by atoms with Crippen molar-refractivity contribution in [1.82, 2.24) is 4.98 Å². The van der Waals surface area contributed by atoms with Gasteiger partial charge in [-0.15, -0.1) is 22.9 Å². The molecule has 1 unspecified atom stereocenters. The van der Waals surface area contributed by atoms with E-state index in [0.29, 0.717) is 22.6 Å². The minimum atomic E-state index is -0.769. The van der Waals surface area contributed by atoms with Gasteiger partial charge in [-0.1, -0.05) is 72.8 Å². The summed E-state index contributed by atoms with van der Waals surface area (Å²) in [6.07, 6.45) is 0.493. The van der Waals surface area contributed by atoms with Crippen LogP contribution in [0.3, 0.4) is 0 Å². The number of alkyl halides is 1. The molecule has 1 amide bonds. The Morgan fingerprint density at radius 2 is 1.57 bits per heavy atom. The molecule has 3 aliphatic carbocycles. The zero-order chi connectivity index (χ0) is 25.4. The van der Waals surface area contributed by atoms with Crippen LogP contribution < -0.4 is 5.32 Å². The molecule has 4 aromatic carbocycles. The van der Waals surface area contributed by atoms with Crippen LogP contribution in [0.5, 0.6) is 0 Å². The summed E-state index contributed by atoms with van der Waals surface area (Å²) >= 11 is 8.79. The third-order valence-corrected chi connectivity index (χ3v) is 9.33. The Labute approximate surface area is 223 Å². The molecule has 0 aliphatic heterocycles. The second-order valence-corrected chi connectivity index (χ2v) is 11.6. The maximum Gasteiger partial charge on any atom is 0.233 e. The summed E-state index contributed by atoms with van der Waals surface area (Å²) in [5.41, 5.74) is 5.17. The Morgan fingerprint density at radius 1 is 0.946 bits per heavy atom. The quantitative estimate of drug-likeness (QED) is 0.242. The molecule has 0 spiro atoms. The minimum absolute atomic E-state index is 0.101. The first kappa shape index (κ1) is 22.6. The minimum Gasteiger partial charge on any atom is -0.301 e. The van der Waals surface area contributed by atoms with E-state index in [4.69, 9.17) is 16.6 Å². The van der Waals surface area contributed by atoms with Crippen molar-refractivity contribution in [3.05, 3.63) is 118 Å². The molecular weight excluding hydrogens is 503 g/mol. The van der Waals surface area contributed by atoms with Gasteiger partial charge >= 0.3 is 0 Å². The number of carbonyl (C=O) groups excluding carboxylic acids is 1. The van der Waals surface area contributed by atoms with Gasteiger partial charge in [0.1, 0.15) is 5.82 Å². The summed E-state index contributed by atoms with van der Waals surface area (Å²) in [5, 5.41) is 6.86. The normalized spacial score (nSPS) is 23.5. The number of nitrogens with one attached hydrogen (secondary N) is 1. The molecule has 37 heavy (non-hydrogen) atoms. The van der Waals surface area contributed by atoms with Crippen molar-refractivity contribution < 1.29 is 9.18 Å². The fraction of sp³-hybridized carbons (Fsp3) is 0.161. The standard InChI is InChI=1S/C31H22ClFN2OS/c1-30(17-31(32)23-12-6-4-10-21(23)27(30)22-11-5-7-13-24(22)31)28(36)35-29-34-26(16-37-29)20-14-15-25(33)19-9-3-2-8-18(19)20/h2-16,27H,17H2,1H3,(H,34,35,36). The van der Waals surface area contributed by atoms with Gasteiger partial charge in [-0.3, -0.25) is 4.79 Å². The van der Waals surface area contributed by atoms with E-state index >= 15 is 0 Å². The second kappa shape index (κ2) is 7.98. The lowest BCUT2D eigenvalue weighted by molar-refractivity contribution is -0.127. The number of rotatable bonds is 3. The Kier molecular flexibility index (Phi) is 4.88. The lowest BCUT2D eigenvalue weighted by atomic mass is 9.52. The first-order chi connectivity index (χ1) is 17.9. The molecule has 8 rings (SSSR count). The number of nitrogens with zero attached hydrogens (tertiary/aromatic N) is 1. The van der Waals surface area contributed by atoms with Crippen molar-refractivity contribution >= 4 is 44.7 Å². The van der Waals surface area contributed by atoms with Crippen LogP contribution in [0.1, 0.15) is 41.5 Å². The van der Waals surface area contributed by atoms with Crippen molar-refractivity contribution in [3.63, 3.8) is 0 Å². The smallest absolute Gasteiger partial charge is 0.233 e. The summed E-state index contributed by atoms with van der Waals surface area (Å²) in [4.78, 5) is 17.9. The van der Waals surface area contributed by atoms with Crippen LogP contribution in [-0.2, 0) is 9.67 Å². The molecule has 6 heteroatoms. The number of aromatic nitrogens is 1. The number of thiazole rings is 1. The predicted molar refractivity (Wildman–Crippen MR) is 148 cm³/mol. The number of fused-ring (bicyclic) bond motifs is 2. The van der Waals surface area contributed by atoms with Crippen molar-refractivity contribution in [1.29, 1.82) is 0 Å². The summed E-state index contributed by atoms with van der Waals surface area (Å²) in [5.74, 6) is -0.476. The molecule has 0 radical (unpaired) electrons. The first-order valence-corrected chi connectivity index (χ1v) is 13.5. The molecule has 3 nitrogen and oxygen atoms in total. The highest BCUT2D eigenvalue weighted by Gasteiger charge is 2.60. The van der Waals surface area contributed by atoms with Gasteiger partial charge in [-0.05, 0) is 53.1 Å². The molecule has 0 saturated carbocycles. The van der Waals surface area contributed by atoms with E-state index < -0.39 is 10.3 Å². The van der Waals surface area contributed by atoms with Gasteiger partial charge in [-0.25, -0.2) is 9.37 Å². The van der Waals surface area contributed by atoms with Crippen molar-refractivity contribution in [2.24, 2.45) is 5.41 Å². The maximum atomic E-state index is 14.3. The number of halogens is 2.